The van der Waals surface area contributed by atoms with Crippen molar-refractivity contribution in [2.45, 2.75) is 13.5 Å². The third-order valence-electron chi connectivity index (χ3n) is 4.66. The fourth-order valence-electron chi connectivity index (χ4n) is 3.10. The molecule has 7 heteroatoms. The lowest BCUT2D eigenvalue weighted by molar-refractivity contribution is -0.137. The first-order valence-electron chi connectivity index (χ1n) is 8.86. The third-order valence-corrected chi connectivity index (χ3v) is 6.33. The molecular weight excluding hydrogens is 427 g/mol. The predicted molar refractivity (Wildman–Crippen MR) is 118 cm³/mol. The van der Waals surface area contributed by atoms with Crippen molar-refractivity contribution in [3.63, 3.8) is 0 Å². The minimum atomic E-state index is -0.394. The van der Waals surface area contributed by atoms with Crippen LogP contribution in [-0.2, 0) is 16.1 Å². The highest BCUT2D eigenvalue weighted by atomic mass is 35.5. The van der Waals surface area contributed by atoms with Crippen molar-refractivity contribution in [1.29, 1.82) is 0 Å². The van der Waals surface area contributed by atoms with Crippen LogP contribution in [-0.4, -0.2) is 16.7 Å². The molecule has 2 amide bonds. The number of aryl methyl sites for hydroxylation is 1. The number of carbonyl (C=O) groups excluding carboxylic acids is 2. The van der Waals surface area contributed by atoms with E-state index in [1.807, 2.05) is 48.7 Å². The molecule has 2 aromatic carbocycles. The first-order chi connectivity index (χ1) is 14.0. The number of nitrogens with zero attached hydrogens (tertiary/aromatic N) is 1. The molecule has 0 radical (unpaired) electrons. The first kappa shape index (κ1) is 19.7. The molecule has 3 aromatic rings. The normalized spacial score (nSPS) is 14.1. The summed E-state index contributed by atoms with van der Waals surface area (Å²) in [7, 11) is 0. The largest absolute Gasteiger partial charge is 0.350 e. The van der Waals surface area contributed by atoms with Crippen LogP contribution in [0.3, 0.4) is 0 Å². The van der Waals surface area contributed by atoms with Gasteiger partial charge in [0.15, 0.2) is 0 Å². The Kier molecular flexibility index (Phi) is 5.46. The van der Waals surface area contributed by atoms with Gasteiger partial charge in [-0.05, 0) is 47.7 Å². The van der Waals surface area contributed by atoms with E-state index in [4.69, 9.17) is 23.2 Å². The van der Waals surface area contributed by atoms with Crippen LogP contribution in [0.5, 0.6) is 0 Å². The van der Waals surface area contributed by atoms with Crippen molar-refractivity contribution < 1.29 is 9.59 Å². The van der Waals surface area contributed by atoms with Gasteiger partial charge in [0.2, 0.25) is 0 Å². The van der Waals surface area contributed by atoms with Crippen molar-refractivity contribution in [3.8, 4) is 0 Å². The Morgan fingerprint density at radius 1 is 0.966 bits per heavy atom. The van der Waals surface area contributed by atoms with E-state index in [-0.39, 0.29) is 18.1 Å². The quantitative estimate of drug-likeness (QED) is 0.511. The van der Waals surface area contributed by atoms with Crippen LogP contribution < -0.4 is 5.32 Å². The van der Waals surface area contributed by atoms with Gasteiger partial charge in [-0.25, -0.2) is 0 Å². The van der Waals surface area contributed by atoms with Gasteiger partial charge in [0.1, 0.15) is 5.70 Å². The van der Waals surface area contributed by atoms with Crippen molar-refractivity contribution in [2.24, 2.45) is 0 Å². The number of benzene rings is 2. The second-order valence-electron chi connectivity index (χ2n) is 6.60. The second kappa shape index (κ2) is 8.03. The Bertz CT molecular complexity index is 1140. The molecule has 0 saturated carbocycles. The van der Waals surface area contributed by atoms with Gasteiger partial charge in [0, 0.05) is 20.6 Å². The minimum absolute atomic E-state index is 0.103. The molecule has 4 nitrogen and oxygen atoms in total. The lowest BCUT2D eigenvalue weighted by Gasteiger charge is -2.16. The van der Waals surface area contributed by atoms with Crippen molar-refractivity contribution in [2.75, 3.05) is 5.32 Å². The Hall–Kier alpha value is -2.60. The summed E-state index contributed by atoms with van der Waals surface area (Å²) in [5.74, 6) is -0.743. The van der Waals surface area contributed by atoms with Crippen LogP contribution in [0.15, 0.2) is 65.7 Å². The molecule has 29 heavy (non-hydrogen) atoms. The summed E-state index contributed by atoms with van der Waals surface area (Å²) in [5, 5.41) is 6.08. The molecule has 0 atom stereocenters. The van der Waals surface area contributed by atoms with Gasteiger partial charge in [-0.2, -0.15) is 0 Å². The number of halogens is 2. The zero-order valence-corrected chi connectivity index (χ0v) is 17.7. The highest BCUT2D eigenvalue weighted by Gasteiger charge is 2.39. The number of rotatable bonds is 5. The van der Waals surface area contributed by atoms with E-state index in [2.05, 4.69) is 5.32 Å². The molecule has 0 fully saturated rings. The number of amides is 2. The molecule has 2 heterocycles. The maximum absolute atomic E-state index is 13.2. The van der Waals surface area contributed by atoms with Gasteiger partial charge in [-0.1, -0.05) is 53.5 Å². The van der Waals surface area contributed by atoms with Crippen molar-refractivity contribution in [3.05, 3.63) is 91.7 Å². The third kappa shape index (κ3) is 3.81. The molecule has 0 aliphatic carbocycles. The Labute approximate surface area is 182 Å². The zero-order chi connectivity index (χ0) is 20.5. The number of imide groups is 1. The summed E-state index contributed by atoms with van der Waals surface area (Å²) in [6, 6.07) is 16.3. The molecule has 0 unspecified atom stereocenters. The van der Waals surface area contributed by atoms with Gasteiger partial charge in [0.25, 0.3) is 11.8 Å². The van der Waals surface area contributed by atoms with E-state index in [1.165, 1.54) is 16.2 Å². The molecule has 146 valence electrons. The topological polar surface area (TPSA) is 49.4 Å². The van der Waals surface area contributed by atoms with E-state index in [1.54, 1.807) is 18.2 Å². The summed E-state index contributed by atoms with van der Waals surface area (Å²) in [5.41, 5.74) is 2.88. The molecule has 0 saturated heterocycles. The fraction of sp³-hybridized carbons (Fsp3) is 0.0909. The number of carbonyl (C=O) groups is 2. The van der Waals surface area contributed by atoms with Crippen LogP contribution in [0.4, 0.5) is 5.69 Å². The zero-order valence-electron chi connectivity index (χ0n) is 15.4. The standard InChI is InChI=1S/C22H16Cl2N2O2S/c1-13-8-9-15(11-17(13)24)25-20-19(18-7-4-10-29-18)21(27)26(22(20)28)12-14-5-2-3-6-16(14)23/h2-11,25H,12H2,1H3. The number of thiophene rings is 1. The smallest absolute Gasteiger partial charge is 0.278 e. The van der Waals surface area contributed by atoms with Crippen molar-refractivity contribution in [1.82, 2.24) is 4.90 Å². The molecule has 1 aliphatic heterocycles. The van der Waals surface area contributed by atoms with E-state index in [9.17, 15) is 9.59 Å². The van der Waals surface area contributed by atoms with Crippen LogP contribution in [0.25, 0.3) is 5.57 Å². The number of hydrogen-bond acceptors (Lipinski definition) is 4. The van der Waals surface area contributed by atoms with Crippen molar-refractivity contribution >= 4 is 57.6 Å². The van der Waals surface area contributed by atoms with Crippen LogP contribution in [0, 0.1) is 6.92 Å². The molecule has 1 aliphatic rings. The number of anilines is 1. The maximum atomic E-state index is 13.2. The summed E-state index contributed by atoms with van der Waals surface area (Å²) in [6.45, 7) is 2.00. The van der Waals surface area contributed by atoms with E-state index < -0.39 is 5.91 Å². The number of hydrogen-bond donors (Lipinski definition) is 1. The Balaban J connectivity index is 1.72. The van der Waals surface area contributed by atoms with Gasteiger partial charge in [0.05, 0.1) is 12.1 Å². The Morgan fingerprint density at radius 2 is 1.76 bits per heavy atom. The van der Waals surface area contributed by atoms with Crippen LogP contribution >= 0.6 is 34.5 Å². The SMILES string of the molecule is Cc1ccc(NC2=C(c3cccs3)C(=O)N(Cc3ccccc3Cl)C2=O)cc1Cl. The van der Waals surface area contributed by atoms with E-state index in [0.717, 1.165) is 10.4 Å². The summed E-state index contributed by atoms with van der Waals surface area (Å²) < 4.78 is 0. The molecular formula is C22H16Cl2N2O2S. The molecule has 0 spiro atoms. The van der Waals surface area contributed by atoms with Gasteiger partial charge < -0.3 is 5.32 Å². The van der Waals surface area contributed by atoms with Gasteiger partial charge in [-0.15, -0.1) is 11.3 Å². The molecule has 4 rings (SSSR count). The monoisotopic (exact) mass is 442 g/mol. The highest BCUT2D eigenvalue weighted by molar-refractivity contribution is 7.11. The summed E-state index contributed by atoms with van der Waals surface area (Å²) in [4.78, 5) is 28.3. The lowest BCUT2D eigenvalue weighted by Crippen LogP contribution is -2.32. The van der Waals surface area contributed by atoms with Gasteiger partial charge >= 0.3 is 0 Å². The second-order valence-corrected chi connectivity index (χ2v) is 8.37. The first-order valence-corrected chi connectivity index (χ1v) is 10.5. The van der Waals surface area contributed by atoms with Crippen LogP contribution in [0.1, 0.15) is 16.0 Å². The molecule has 1 N–H and O–H groups in total. The highest BCUT2D eigenvalue weighted by Crippen LogP contribution is 2.34. The summed E-state index contributed by atoms with van der Waals surface area (Å²) >= 11 is 13.9. The minimum Gasteiger partial charge on any atom is -0.350 e. The fourth-order valence-corrected chi connectivity index (χ4v) is 4.24. The van der Waals surface area contributed by atoms with Gasteiger partial charge in [-0.3, -0.25) is 14.5 Å². The predicted octanol–water partition coefficient (Wildman–Crippen LogP) is 5.76. The molecule has 0 bridgehead atoms. The van der Waals surface area contributed by atoms with E-state index >= 15 is 0 Å². The molecule has 1 aromatic heterocycles. The lowest BCUT2D eigenvalue weighted by atomic mass is 10.1. The van der Waals surface area contributed by atoms with Crippen LogP contribution in [0.2, 0.25) is 10.0 Å². The average Bonchev–Trinajstić information content (AvgIpc) is 3.29. The Morgan fingerprint density at radius 3 is 2.45 bits per heavy atom. The van der Waals surface area contributed by atoms with E-state index in [0.29, 0.717) is 26.9 Å². The maximum Gasteiger partial charge on any atom is 0.278 e. The number of nitrogens with one attached hydrogen (secondary N) is 1. The average molecular weight is 443 g/mol. The summed E-state index contributed by atoms with van der Waals surface area (Å²) in [6.07, 6.45) is 0.